The molecule has 0 heterocycles. The maximum Gasteiger partial charge on any atom is 0.0991 e. The highest BCUT2D eigenvalue weighted by Gasteiger charge is 2.23. The Morgan fingerprint density at radius 3 is 1.32 bits per heavy atom. The summed E-state index contributed by atoms with van der Waals surface area (Å²) in [6, 6.07) is 20.5. The summed E-state index contributed by atoms with van der Waals surface area (Å²) >= 11 is 0. The second-order valence-corrected chi connectivity index (χ2v) is 11.1. The van der Waals surface area contributed by atoms with Gasteiger partial charge in [-0.1, -0.05) is 75.9 Å². The molecular weight excluding hydrogens is 452 g/mol. The van der Waals surface area contributed by atoms with Crippen molar-refractivity contribution < 1.29 is 4.74 Å². The molecule has 2 aliphatic carbocycles. The fourth-order valence-electron chi connectivity index (χ4n) is 6.02. The van der Waals surface area contributed by atoms with Gasteiger partial charge in [0.15, 0.2) is 0 Å². The Labute approximate surface area is 223 Å². The maximum atomic E-state index is 9.20. The molecular formula is C34H40N2O. The number of nitrogens with zero attached hydrogens (tertiary/aromatic N) is 2. The molecule has 2 fully saturated rings. The molecule has 3 heteroatoms. The fraction of sp³-hybridized carbons (Fsp3) is 0.471. The summed E-state index contributed by atoms with van der Waals surface area (Å²) in [5.41, 5.74) is 6.57. The van der Waals surface area contributed by atoms with E-state index < -0.39 is 0 Å². The minimum atomic E-state index is 0.557. The summed E-state index contributed by atoms with van der Waals surface area (Å²) < 4.78 is 6.19. The molecule has 37 heavy (non-hydrogen) atoms. The lowest BCUT2D eigenvalue weighted by atomic mass is 9.77. The standard InChI is InChI=1S/C34H40N2O/c1-25-3-11-29(12-4-25)33(31-15-7-27(23-35)8-16-31)19-21-37-22-20-34(30-13-5-26(2)6-14-30)32-17-9-28(24-36)10-18-32/h7-10,15-20,25-26,29-30H,3-6,11-14,21-22H2,1-2H3/t25-,26-,29-,30-. The predicted molar refractivity (Wildman–Crippen MR) is 151 cm³/mol. The van der Waals surface area contributed by atoms with Crippen LogP contribution in [0.25, 0.3) is 11.1 Å². The normalized spacial score (nSPS) is 24.8. The van der Waals surface area contributed by atoms with E-state index in [1.165, 1.54) is 73.6 Å². The van der Waals surface area contributed by atoms with Crippen LogP contribution in [0.1, 0.15) is 87.5 Å². The summed E-state index contributed by atoms with van der Waals surface area (Å²) in [4.78, 5) is 0. The lowest BCUT2D eigenvalue weighted by Crippen LogP contribution is -2.15. The zero-order valence-corrected chi connectivity index (χ0v) is 22.5. The summed E-state index contributed by atoms with van der Waals surface area (Å²) in [6.45, 7) is 5.88. The van der Waals surface area contributed by atoms with Gasteiger partial charge in [-0.3, -0.25) is 0 Å². The van der Waals surface area contributed by atoms with Crippen molar-refractivity contribution in [2.45, 2.75) is 65.2 Å². The number of hydrogen-bond donors (Lipinski definition) is 0. The van der Waals surface area contributed by atoms with E-state index in [9.17, 15) is 10.5 Å². The Balaban J connectivity index is 1.47. The third-order valence-electron chi connectivity index (χ3n) is 8.45. The molecule has 2 aliphatic rings. The second kappa shape index (κ2) is 13.4. The zero-order valence-electron chi connectivity index (χ0n) is 22.5. The van der Waals surface area contributed by atoms with Crippen LogP contribution in [0.15, 0.2) is 60.7 Å². The Bertz CT molecular complexity index is 1050. The highest BCUT2D eigenvalue weighted by atomic mass is 16.5. The fourth-order valence-corrected chi connectivity index (χ4v) is 6.02. The average Bonchev–Trinajstić information content (AvgIpc) is 2.94. The molecule has 0 atom stereocenters. The van der Waals surface area contributed by atoms with E-state index in [2.05, 4.69) is 62.4 Å². The molecule has 4 rings (SSSR count). The van der Waals surface area contributed by atoms with Crippen molar-refractivity contribution >= 4 is 11.1 Å². The first-order chi connectivity index (χ1) is 18.1. The summed E-state index contributed by atoms with van der Waals surface area (Å²) in [7, 11) is 0. The van der Waals surface area contributed by atoms with E-state index >= 15 is 0 Å². The van der Waals surface area contributed by atoms with Crippen LogP contribution in [0.4, 0.5) is 0 Å². The molecule has 0 N–H and O–H groups in total. The van der Waals surface area contributed by atoms with Gasteiger partial charge < -0.3 is 4.74 Å². The molecule has 3 nitrogen and oxygen atoms in total. The summed E-state index contributed by atoms with van der Waals surface area (Å²) in [5, 5.41) is 18.4. The van der Waals surface area contributed by atoms with Crippen molar-refractivity contribution in [3.05, 3.63) is 82.9 Å². The van der Waals surface area contributed by atoms with E-state index in [4.69, 9.17) is 4.74 Å². The van der Waals surface area contributed by atoms with Gasteiger partial charge >= 0.3 is 0 Å². The number of ether oxygens (including phenoxy) is 1. The minimum Gasteiger partial charge on any atom is -0.373 e. The number of hydrogen-bond acceptors (Lipinski definition) is 3. The Morgan fingerprint density at radius 2 is 1.00 bits per heavy atom. The van der Waals surface area contributed by atoms with Crippen LogP contribution >= 0.6 is 0 Å². The van der Waals surface area contributed by atoms with Gasteiger partial charge in [0, 0.05) is 0 Å². The van der Waals surface area contributed by atoms with E-state index in [1.807, 2.05) is 24.3 Å². The van der Waals surface area contributed by atoms with Crippen LogP contribution in [0.5, 0.6) is 0 Å². The van der Waals surface area contributed by atoms with E-state index in [1.54, 1.807) is 0 Å². The lowest BCUT2D eigenvalue weighted by Gasteiger charge is -2.29. The Hall–Kier alpha value is -3.14. The smallest absolute Gasteiger partial charge is 0.0991 e. The second-order valence-electron chi connectivity index (χ2n) is 11.1. The van der Waals surface area contributed by atoms with Crippen molar-refractivity contribution in [1.82, 2.24) is 0 Å². The van der Waals surface area contributed by atoms with Crippen molar-refractivity contribution in [1.29, 1.82) is 10.5 Å². The van der Waals surface area contributed by atoms with E-state index in [0.717, 1.165) is 11.8 Å². The molecule has 2 saturated carbocycles. The molecule has 192 valence electrons. The van der Waals surface area contributed by atoms with Gasteiger partial charge in [-0.15, -0.1) is 0 Å². The van der Waals surface area contributed by atoms with Crippen molar-refractivity contribution in [2.24, 2.45) is 23.7 Å². The molecule has 0 aliphatic heterocycles. The van der Waals surface area contributed by atoms with E-state index in [0.29, 0.717) is 36.2 Å². The molecule has 0 unspecified atom stereocenters. The van der Waals surface area contributed by atoms with Crippen LogP contribution in [0, 0.1) is 46.3 Å². The minimum absolute atomic E-state index is 0.557. The van der Waals surface area contributed by atoms with Gasteiger partial charge in [-0.2, -0.15) is 10.5 Å². The number of nitriles is 2. The van der Waals surface area contributed by atoms with Gasteiger partial charge in [-0.25, -0.2) is 0 Å². The monoisotopic (exact) mass is 492 g/mol. The topological polar surface area (TPSA) is 56.8 Å². The molecule has 0 aromatic heterocycles. The molecule has 0 radical (unpaired) electrons. The Morgan fingerprint density at radius 1 is 0.649 bits per heavy atom. The van der Waals surface area contributed by atoms with E-state index in [-0.39, 0.29) is 0 Å². The molecule has 0 spiro atoms. The van der Waals surface area contributed by atoms with Gasteiger partial charge in [0.2, 0.25) is 0 Å². The van der Waals surface area contributed by atoms with Gasteiger partial charge in [0.1, 0.15) is 0 Å². The van der Waals surface area contributed by atoms with Crippen molar-refractivity contribution in [3.8, 4) is 12.1 Å². The predicted octanol–water partition coefficient (Wildman–Crippen LogP) is 8.57. The quantitative estimate of drug-likeness (QED) is 0.347. The van der Waals surface area contributed by atoms with Crippen LogP contribution in [-0.4, -0.2) is 13.2 Å². The van der Waals surface area contributed by atoms with Crippen LogP contribution in [0.3, 0.4) is 0 Å². The number of allylic oxidation sites excluding steroid dienone is 2. The van der Waals surface area contributed by atoms with Gasteiger partial charge in [0.05, 0.1) is 36.5 Å². The number of rotatable bonds is 8. The van der Waals surface area contributed by atoms with Gasteiger partial charge in [0.25, 0.3) is 0 Å². The lowest BCUT2D eigenvalue weighted by molar-refractivity contribution is 0.193. The summed E-state index contributed by atoms with van der Waals surface area (Å²) in [6.07, 6.45) is 14.5. The maximum absolute atomic E-state index is 9.20. The first kappa shape index (κ1) is 26.9. The Kier molecular flexibility index (Phi) is 9.76. The van der Waals surface area contributed by atoms with Crippen LogP contribution < -0.4 is 0 Å². The van der Waals surface area contributed by atoms with Crippen LogP contribution in [-0.2, 0) is 4.74 Å². The zero-order chi connectivity index (χ0) is 26.0. The first-order valence-electron chi connectivity index (χ1n) is 14.1. The first-order valence-corrected chi connectivity index (χ1v) is 14.1. The molecule has 0 amide bonds. The van der Waals surface area contributed by atoms with Gasteiger partial charge in [-0.05, 0) is 95.9 Å². The highest BCUT2D eigenvalue weighted by Crippen LogP contribution is 2.39. The largest absolute Gasteiger partial charge is 0.373 e. The SMILES string of the molecule is C[C@H]1CC[C@H](C(=CCOCC=C(c2ccc(C#N)cc2)[C@H]2CC[C@H](C)CC2)c2ccc(C#N)cc2)CC1. The van der Waals surface area contributed by atoms with Crippen molar-refractivity contribution in [3.63, 3.8) is 0 Å². The van der Waals surface area contributed by atoms with Crippen LogP contribution in [0.2, 0.25) is 0 Å². The number of benzene rings is 2. The molecule has 2 aromatic carbocycles. The van der Waals surface area contributed by atoms with Crippen molar-refractivity contribution in [2.75, 3.05) is 13.2 Å². The summed E-state index contributed by atoms with van der Waals surface area (Å²) in [5.74, 6) is 2.73. The molecule has 0 saturated heterocycles. The third kappa shape index (κ3) is 7.44. The highest BCUT2D eigenvalue weighted by molar-refractivity contribution is 5.69. The molecule has 0 bridgehead atoms. The third-order valence-corrected chi connectivity index (χ3v) is 8.45. The average molecular weight is 493 g/mol. The molecule has 2 aromatic rings.